The van der Waals surface area contributed by atoms with E-state index in [1.807, 2.05) is 27.0 Å². The Balaban J connectivity index is 1.70. The molecule has 1 fully saturated rings. The highest BCUT2D eigenvalue weighted by Gasteiger charge is 2.38. The number of hydrogen-bond acceptors (Lipinski definition) is 7. The van der Waals surface area contributed by atoms with Gasteiger partial charge < -0.3 is 9.63 Å². The summed E-state index contributed by atoms with van der Waals surface area (Å²) >= 11 is 0. The average molecular weight is 320 g/mol. The first-order valence-corrected chi connectivity index (χ1v) is 8.18. The molecule has 0 aromatic carbocycles. The summed E-state index contributed by atoms with van der Waals surface area (Å²) in [6.07, 6.45) is 4.16. The SMILES string of the molecule is CCc1nc(CN2CCCC(O)(c3cn(C(C)C)nn3)C2)no1. The smallest absolute Gasteiger partial charge is 0.226 e. The van der Waals surface area contributed by atoms with Crippen LogP contribution in [0.15, 0.2) is 10.7 Å². The number of aliphatic hydroxyl groups is 1. The molecule has 1 unspecified atom stereocenters. The number of rotatable bonds is 5. The third-order valence-corrected chi connectivity index (χ3v) is 4.24. The zero-order chi connectivity index (χ0) is 16.4. The Morgan fingerprint density at radius 1 is 1.43 bits per heavy atom. The molecule has 0 radical (unpaired) electrons. The molecular weight excluding hydrogens is 296 g/mol. The average Bonchev–Trinajstić information content (AvgIpc) is 3.16. The van der Waals surface area contributed by atoms with Gasteiger partial charge in [-0.15, -0.1) is 5.10 Å². The van der Waals surface area contributed by atoms with Crippen LogP contribution in [0.2, 0.25) is 0 Å². The van der Waals surface area contributed by atoms with Crippen molar-refractivity contribution in [3.8, 4) is 0 Å². The Morgan fingerprint density at radius 3 is 2.91 bits per heavy atom. The molecule has 126 valence electrons. The minimum Gasteiger partial charge on any atom is -0.382 e. The maximum atomic E-state index is 11.0. The number of aryl methyl sites for hydroxylation is 1. The number of piperidine rings is 1. The topological polar surface area (TPSA) is 93.1 Å². The van der Waals surface area contributed by atoms with Crippen LogP contribution in [-0.4, -0.2) is 48.2 Å². The van der Waals surface area contributed by atoms with Crippen LogP contribution >= 0.6 is 0 Å². The number of likely N-dealkylation sites (tertiary alicyclic amines) is 1. The molecule has 2 aromatic heterocycles. The van der Waals surface area contributed by atoms with Gasteiger partial charge in [-0.25, -0.2) is 4.68 Å². The third-order valence-electron chi connectivity index (χ3n) is 4.24. The van der Waals surface area contributed by atoms with E-state index < -0.39 is 5.60 Å². The van der Waals surface area contributed by atoms with Crippen molar-refractivity contribution in [1.82, 2.24) is 30.0 Å². The highest BCUT2D eigenvalue weighted by molar-refractivity contribution is 5.10. The van der Waals surface area contributed by atoms with Crippen LogP contribution in [0.5, 0.6) is 0 Å². The van der Waals surface area contributed by atoms with Gasteiger partial charge in [-0.1, -0.05) is 17.3 Å². The fraction of sp³-hybridized carbons (Fsp3) is 0.733. The second-order valence-electron chi connectivity index (χ2n) is 6.48. The van der Waals surface area contributed by atoms with Gasteiger partial charge in [-0.05, 0) is 33.2 Å². The summed E-state index contributed by atoms with van der Waals surface area (Å²) < 4.78 is 6.92. The van der Waals surface area contributed by atoms with Crippen molar-refractivity contribution >= 4 is 0 Å². The first-order chi connectivity index (χ1) is 11.0. The summed E-state index contributed by atoms with van der Waals surface area (Å²) in [5.41, 5.74) is -0.332. The molecule has 1 aliphatic rings. The van der Waals surface area contributed by atoms with E-state index in [4.69, 9.17) is 4.52 Å². The molecule has 1 aliphatic heterocycles. The summed E-state index contributed by atoms with van der Waals surface area (Å²) in [6.45, 7) is 8.03. The van der Waals surface area contributed by atoms with E-state index in [9.17, 15) is 5.11 Å². The van der Waals surface area contributed by atoms with Gasteiger partial charge in [0.15, 0.2) is 5.82 Å². The number of nitrogens with zero attached hydrogens (tertiary/aromatic N) is 6. The predicted molar refractivity (Wildman–Crippen MR) is 82.5 cm³/mol. The van der Waals surface area contributed by atoms with Crippen LogP contribution in [-0.2, 0) is 18.6 Å². The van der Waals surface area contributed by atoms with Crippen LogP contribution in [0.1, 0.15) is 57.1 Å². The van der Waals surface area contributed by atoms with Gasteiger partial charge in [0.2, 0.25) is 5.89 Å². The summed E-state index contributed by atoms with van der Waals surface area (Å²) in [7, 11) is 0. The maximum absolute atomic E-state index is 11.0. The lowest BCUT2D eigenvalue weighted by atomic mass is 9.90. The fourth-order valence-electron chi connectivity index (χ4n) is 2.91. The molecule has 3 heterocycles. The Morgan fingerprint density at radius 2 is 2.26 bits per heavy atom. The van der Waals surface area contributed by atoms with E-state index in [2.05, 4.69) is 25.4 Å². The van der Waals surface area contributed by atoms with E-state index >= 15 is 0 Å². The second-order valence-corrected chi connectivity index (χ2v) is 6.48. The lowest BCUT2D eigenvalue weighted by molar-refractivity contribution is -0.0422. The van der Waals surface area contributed by atoms with Crippen molar-refractivity contribution in [2.24, 2.45) is 0 Å². The molecule has 8 nitrogen and oxygen atoms in total. The highest BCUT2D eigenvalue weighted by atomic mass is 16.5. The van der Waals surface area contributed by atoms with Gasteiger partial charge >= 0.3 is 0 Å². The zero-order valence-electron chi connectivity index (χ0n) is 13.9. The van der Waals surface area contributed by atoms with Gasteiger partial charge in [-0.3, -0.25) is 4.90 Å². The van der Waals surface area contributed by atoms with Gasteiger partial charge in [0, 0.05) is 19.0 Å². The first kappa shape index (κ1) is 16.1. The summed E-state index contributed by atoms with van der Waals surface area (Å²) in [5, 5.41) is 23.3. The Bertz CT molecular complexity index is 652. The standard InChI is InChI=1S/C15H24N6O2/c1-4-14-16-13(18-23-14)9-20-7-5-6-15(22,10-20)12-8-21(11(2)3)19-17-12/h8,11,22H,4-7,9-10H2,1-3H3. The lowest BCUT2D eigenvalue weighted by Crippen LogP contribution is -2.46. The Hall–Kier alpha value is -1.80. The molecule has 0 amide bonds. The normalized spacial score (nSPS) is 22.8. The van der Waals surface area contributed by atoms with E-state index in [-0.39, 0.29) is 6.04 Å². The molecular formula is C15H24N6O2. The molecule has 23 heavy (non-hydrogen) atoms. The molecule has 1 atom stereocenters. The molecule has 3 rings (SSSR count). The fourth-order valence-corrected chi connectivity index (χ4v) is 2.91. The third kappa shape index (κ3) is 3.42. The molecule has 0 bridgehead atoms. The molecule has 0 aliphatic carbocycles. The highest BCUT2D eigenvalue weighted by Crippen LogP contribution is 2.30. The monoisotopic (exact) mass is 320 g/mol. The number of aromatic nitrogens is 5. The first-order valence-electron chi connectivity index (χ1n) is 8.18. The molecule has 0 spiro atoms. The van der Waals surface area contributed by atoms with Crippen LogP contribution in [0, 0.1) is 0 Å². The van der Waals surface area contributed by atoms with Crippen molar-refractivity contribution in [2.45, 2.75) is 58.2 Å². The van der Waals surface area contributed by atoms with Crippen molar-refractivity contribution in [1.29, 1.82) is 0 Å². The minimum absolute atomic E-state index is 0.228. The predicted octanol–water partition coefficient (Wildman–Crippen LogP) is 1.29. The van der Waals surface area contributed by atoms with Crippen molar-refractivity contribution in [3.05, 3.63) is 23.6 Å². The van der Waals surface area contributed by atoms with Gasteiger partial charge in [-0.2, -0.15) is 4.98 Å². The van der Waals surface area contributed by atoms with E-state index in [1.165, 1.54) is 0 Å². The lowest BCUT2D eigenvalue weighted by Gasteiger charge is -2.37. The van der Waals surface area contributed by atoms with Crippen molar-refractivity contribution in [2.75, 3.05) is 13.1 Å². The summed E-state index contributed by atoms with van der Waals surface area (Å²) in [5.74, 6) is 1.31. The molecule has 1 saturated heterocycles. The zero-order valence-corrected chi connectivity index (χ0v) is 13.9. The Labute approximate surface area is 135 Å². The van der Waals surface area contributed by atoms with Crippen LogP contribution < -0.4 is 0 Å². The van der Waals surface area contributed by atoms with Gasteiger partial charge in [0.1, 0.15) is 11.3 Å². The van der Waals surface area contributed by atoms with Crippen LogP contribution in [0.25, 0.3) is 0 Å². The minimum atomic E-state index is -0.970. The van der Waals surface area contributed by atoms with Crippen molar-refractivity contribution in [3.63, 3.8) is 0 Å². The quantitative estimate of drug-likeness (QED) is 0.887. The molecule has 8 heteroatoms. The molecule has 0 saturated carbocycles. The molecule has 2 aromatic rings. The largest absolute Gasteiger partial charge is 0.382 e. The van der Waals surface area contributed by atoms with Crippen molar-refractivity contribution < 1.29 is 9.63 Å². The molecule has 1 N–H and O–H groups in total. The van der Waals surface area contributed by atoms with E-state index in [0.717, 1.165) is 19.4 Å². The second kappa shape index (κ2) is 6.37. The Kier molecular flexibility index (Phi) is 4.45. The van der Waals surface area contributed by atoms with E-state index in [1.54, 1.807) is 4.68 Å². The van der Waals surface area contributed by atoms with Crippen LogP contribution in [0.3, 0.4) is 0 Å². The van der Waals surface area contributed by atoms with Crippen LogP contribution in [0.4, 0.5) is 0 Å². The van der Waals surface area contributed by atoms with Gasteiger partial charge in [0.05, 0.1) is 12.7 Å². The summed E-state index contributed by atoms with van der Waals surface area (Å²) in [6, 6.07) is 0.228. The van der Waals surface area contributed by atoms with E-state index in [0.29, 0.717) is 36.9 Å². The maximum Gasteiger partial charge on any atom is 0.226 e. The number of β-amino-alcohol motifs (C(OH)–C–C–N with tert-alkyl or cyclic N) is 1. The number of hydrogen-bond donors (Lipinski definition) is 1. The summed E-state index contributed by atoms with van der Waals surface area (Å²) in [4.78, 5) is 6.48. The van der Waals surface area contributed by atoms with Gasteiger partial charge in [0.25, 0.3) is 0 Å².